The summed E-state index contributed by atoms with van der Waals surface area (Å²) in [7, 11) is -2.43. The fourth-order valence-electron chi connectivity index (χ4n) is 2.43. The fraction of sp³-hybridized carbons (Fsp3) is 0.150. The van der Waals surface area contributed by atoms with Crippen molar-refractivity contribution in [3.63, 3.8) is 0 Å². The minimum absolute atomic E-state index is 0.145. The zero-order valence-corrected chi connectivity index (χ0v) is 18.2. The third-order valence-electron chi connectivity index (χ3n) is 3.72. The Morgan fingerprint density at radius 3 is 2.59 bits per heavy atom. The number of rotatable bonds is 8. The average molecular weight is 457 g/mol. The molecule has 2 aromatic heterocycles. The summed E-state index contributed by atoms with van der Waals surface area (Å²) in [4.78, 5) is 29.3. The van der Waals surface area contributed by atoms with Crippen LogP contribution in [0.25, 0.3) is 0 Å². The van der Waals surface area contributed by atoms with Crippen LogP contribution in [-0.4, -0.2) is 49.1 Å². The molecule has 12 heteroatoms. The maximum absolute atomic E-state index is 13.2. The molecule has 0 spiro atoms. The summed E-state index contributed by atoms with van der Waals surface area (Å²) < 4.78 is 29.1. The van der Waals surface area contributed by atoms with Gasteiger partial charge in [0.05, 0.1) is 12.4 Å². The average Bonchev–Trinajstić information content (AvgIpc) is 2.73. The van der Waals surface area contributed by atoms with Crippen molar-refractivity contribution in [1.82, 2.24) is 25.3 Å². The molecular formula is C20H21FN8O2S. The van der Waals surface area contributed by atoms with Crippen molar-refractivity contribution in [3.8, 4) is 0 Å². The number of hydrogen-bond donors (Lipinski definition) is 3. The van der Waals surface area contributed by atoms with Crippen molar-refractivity contribution in [2.45, 2.75) is 0 Å². The van der Waals surface area contributed by atoms with Crippen LogP contribution in [0.4, 0.5) is 33.5 Å². The van der Waals surface area contributed by atoms with E-state index in [2.05, 4.69) is 46.8 Å². The smallest absolute Gasteiger partial charge is 0.256 e. The van der Waals surface area contributed by atoms with Gasteiger partial charge in [-0.15, -0.1) is 6.58 Å². The van der Waals surface area contributed by atoms with Gasteiger partial charge in [0.2, 0.25) is 5.95 Å². The third kappa shape index (κ3) is 6.54. The number of carbonyl (C=O) groups excluding carboxylic acids is 1. The molecule has 0 saturated carbocycles. The second kappa shape index (κ2) is 9.92. The molecule has 3 rings (SSSR count). The summed E-state index contributed by atoms with van der Waals surface area (Å²) in [5.41, 5.74) is 0.706. The van der Waals surface area contributed by atoms with E-state index in [9.17, 15) is 13.4 Å². The van der Waals surface area contributed by atoms with Crippen LogP contribution in [0.1, 0.15) is 10.4 Å². The summed E-state index contributed by atoms with van der Waals surface area (Å²) in [5.74, 6) is -0.0927. The summed E-state index contributed by atoms with van der Waals surface area (Å²) in [5, 5.41) is 8.53. The molecule has 10 nitrogen and oxygen atoms in total. The molecule has 0 saturated heterocycles. The van der Waals surface area contributed by atoms with Crippen LogP contribution in [0.3, 0.4) is 0 Å². The molecule has 0 radical (unpaired) electrons. The summed E-state index contributed by atoms with van der Waals surface area (Å²) in [6, 6.07) is 5.64. The summed E-state index contributed by atoms with van der Waals surface area (Å²) in [6.45, 7) is 3.83. The lowest BCUT2D eigenvalue weighted by molar-refractivity contribution is 0.0958. The molecule has 0 bridgehead atoms. The van der Waals surface area contributed by atoms with Crippen molar-refractivity contribution in [1.29, 1.82) is 0 Å². The van der Waals surface area contributed by atoms with Gasteiger partial charge in [-0.3, -0.25) is 9.78 Å². The number of anilines is 4. The highest BCUT2D eigenvalue weighted by Gasteiger charge is 2.16. The molecule has 0 unspecified atom stereocenters. The number of benzene rings is 1. The second-order valence-corrected chi connectivity index (χ2v) is 9.29. The molecule has 0 aliphatic rings. The second-order valence-electron chi connectivity index (χ2n) is 6.75. The zero-order valence-electron chi connectivity index (χ0n) is 17.4. The predicted molar refractivity (Wildman–Crippen MR) is 122 cm³/mol. The minimum atomic E-state index is -2.43. The number of aromatic nitrogens is 4. The van der Waals surface area contributed by atoms with Gasteiger partial charge in [-0.2, -0.15) is 9.35 Å². The maximum Gasteiger partial charge on any atom is 0.256 e. The van der Waals surface area contributed by atoms with E-state index < -0.39 is 15.6 Å². The highest BCUT2D eigenvalue weighted by Crippen LogP contribution is 2.22. The van der Waals surface area contributed by atoms with Gasteiger partial charge in [-0.25, -0.2) is 18.6 Å². The first-order valence-electron chi connectivity index (χ1n) is 9.28. The van der Waals surface area contributed by atoms with E-state index >= 15 is 0 Å². The normalized spacial score (nSPS) is 10.8. The van der Waals surface area contributed by atoms with E-state index in [-0.39, 0.29) is 41.3 Å². The molecule has 1 aromatic carbocycles. The maximum atomic E-state index is 13.2. The largest absolute Gasteiger partial charge is 0.348 e. The Hall–Kier alpha value is -3.93. The van der Waals surface area contributed by atoms with Gasteiger partial charge >= 0.3 is 0 Å². The van der Waals surface area contributed by atoms with Gasteiger partial charge in [-0.1, -0.05) is 6.08 Å². The van der Waals surface area contributed by atoms with E-state index in [4.69, 9.17) is 0 Å². The molecule has 166 valence electrons. The van der Waals surface area contributed by atoms with Crippen molar-refractivity contribution in [2.24, 2.45) is 4.36 Å². The zero-order chi connectivity index (χ0) is 23.1. The highest BCUT2D eigenvalue weighted by atomic mass is 32.2. The Labute approximate surface area is 184 Å². The van der Waals surface area contributed by atoms with E-state index in [1.165, 1.54) is 55.4 Å². The molecule has 3 N–H and O–H groups in total. The van der Waals surface area contributed by atoms with E-state index in [0.29, 0.717) is 5.69 Å². The number of amides is 1. The van der Waals surface area contributed by atoms with E-state index in [0.717, 1.165) is 0 Å². The Bertz CT molecular complexity index is 1250. The minimum Gasteiger partial charge on any atom is -0.348 e. The van der Waals surface area contributed by atoms with Gasteiger partial charge in [0.25, 0.3) is 5.91 Å². The lowest BCUT2D eigenvalue weighted by atomic mass is 10.2. The first-order valence-corrected chi connectivity index (χ1v) is 11.6. The standard InChI is InChI=1S/C20H21FN8O2S/c1-4-9-23-19(30)15-10-24-20(25-14-7-5-13(21)6-8-14)28-18(15)27-16-11-22-12-17(26-16)29-32(2,3)31/h4-8,10-12H,1,9H2,2-3H3,(H,23,30)(H2,24,25,26,27,28). The van der Waals surface area contributed by atoms with Gasteiger partial charge < -0.3 is 16.0 Å². The lowest BCUT2D eigenvalue weighted by Crippen LogP contribution is -2.25. The number of nitrogens with zero attached hydrogens (tertiary/aromatic N) is 5. The van der Waals surface area contributed by atoms with Crippen LogP contribution < -0.4 is 16.0 Å². The van der Waals surface area contributed by atoms with Crippen molar-refractivity contribution in [3.05, 3.63) is 66.9 Å². The van der Waals surface area contributed by atoms with Gasteiger partial charge in [0.1, 0.15) is 17.2 Å². The Morgan fingerprint density at radius 1 is 1.16 bits per heavy atom. The van der Waals surface area contributed by atoms with Crippen LogP contribution in [-0.2, 0) is 9.73 Å². The fourth-order valence-corrected chi connectivity index (χ4v) is 2.97. The third-order valence-corrected chi connectivity index (χ3v) is 4.35. The van der Waals surface area contributed by atoms with Crippen LogP contribution in [0.5, 0.6) is 0 Å². The van der Waals surface area contributed by atoms with Gasteiger partial charge in [-0.05, 0) is 24.3 Å². The Balaban J connectivity index is 1.95. The molecular weight excluding hydrogens is 435 g/mol. The number of hydrogen-bond acceptors (Lipinski definition) is 9. The molecule has 0 aliphatic carbocycles. The SMILES string of the molecule is C=CCNC(=O)c1cnc(Nc2ccc(F)cc2)nc1Nc1cncc(N=S(C)(C)=O)n1. The number of carbonyl (C=O) groups is 1. The van der Waals surface area contributed by atoms with Gasteiger partial charge in [0.15, 0.2) is 11.6 Å². The van der Waals surface area contributed by atoms with Crippen molar-refractivity contribution >= 4 is 44.7 Å². The Morgan fingerprint density at radius 2 is 1.91 bits per heavy atom. The number of halogens is 1. The monoisotopic (exact) mass is 456 g/mol. The lowest BCUT2D eigenvalue weighted by Gasteiger charge is -2.12. The first kappa shape index (κ1) is 22.7. The Kier molecular flexibility index (Phi) is 7.05. The van der Waals surface area contributed by atoms with Gasteiger partial charge in [0, 0.05) is 40.7 Å². The van der Waals surface area contributed by atoms with Crippen LogP contribution in [0.2, 0.25) is 0 Å². The predicted octanol–water partition coefficient (Wildman–Crippen LogP) is 3.17. The van der Waals surface area contributed by atoms with Crippen molar-refractivity contribution < 1.29 is 13.4 Å². The van der Waals surface area contributed by atoms with Crippen LogP contribution in [0.15, 0.2) is 59.9 Å². The molecule has 3 aromatic rings. The molecule has 0 fully saturated rings. The van der Waals surface area contributed by atoms with Crippen LogP contribution in [0, 0.1) is 5.82 Å². The molecule has 0 aliphatic heterocycles. The first-order chi connectivity index (χ1) is 15.2. The summed E-state index contributed by atoms with van der Waals surface area (Å²) in [6.07, 6.45) is 8.62. The molecule has 1 amide bonds. The van der Waals surface area contributed by atoms with Crippen LogP contribution >= 0.6 is 0 Å². The molecule has 2 heterocycles. The van der Waals surface area contributed by atoms with E-state index in [1.807, 2.05) is 0 Å². The van der Waals surface area contributed by atoms with E-state index in [1.54, 1.807) is 6.08 Å². The molecule has 0 atom stereocenters. The molecule has 32 heavy (non-hydrogen) atoms. The quantitative estimate of drug-likeness (QED) is 0.440. The summed E-state index contributed by atoms with van der Waals surface area (Å²) >= 11 is 0. The topological polar surface area (TPSA) is 134 Å². The highest BCUT2D eigenvalue weighted by molar-refractivity contribution is 7.92. The van der Waals surface area contributed by atoms with Crippen molar-refractivity contribution in [2.75, 3.05) is 29.7 Å². The number of nitrogens with one attached hydrogen (secondary N) is 3.